The summed E-state index contributed by atoms with van der Waals surface area (Å²) in [5.74, 6) is -0.306. The Morgan fingerprint density at radius 1 is 1.50 bits per heavy atom. The molecule has 0 fully saturated rings. The van der Waals surface area contributed by atoms with Gasteiger partial charge in [0, 0.05) is 26.3 Å². The molecule has 0 aromatic carbocycles. The van der Waals surface area contributed by atoms with Crippen LogP contribution in [-0.4, -0.2) is 42.6 Å². The molecule has 96 valence electrons. The van der Waals surface area contributed by atoms with E-state index in [1.165, 1.54) is 30.2 Å². The van der Waals surface area contributed by atoms with Gasteiger partial charge in [-0.25, -0.2) is 0 Å². The van der Waals surface area contributed by atoms with Crippen molar-refractivity contribution in [3.05, 3.63) is 34.2 Å². The van der Waals surface area contributed by atoms with E-state index in [2.05, 4.69) is 4.98 Å². The molecule has 18 heavy (non-hydrogen) atoms. The molecule has 0 aliphatic rings. The van der Waals surface area contributed by atoms with Crippen LogP contribution in [0.25, 0.3) is 0 Å². The predicted molar refractivity (Wildman–Crippen MR) is 65.1 cm³/mol. The highest BCUT2D eigenvalue weighted by atomic mass is 16.5. The Labute approximate surface area is 105 Å². The maximum atomic E-state index is 12.1. The van der Waals surface area contributed by atoms with Gasteiger partial charge in [0.05, 0.1) is 19.1 Å². The number of hydrogen-bond donors (Lipinski definition) is 1. The van der Waals surface area contributed by atoms with Gasteiger partial charge >= 0.3 is 0 Å². The summed E-state index contributed by atoms with van der Waals surface area (Å²) in [6.45, 7) is 1.08. The van der Waals surface area contributed by atoms with Crippen LogP contribution in [0, 0.1) is 11.3 Å². The molecule has 1 amide bonds. The second kappa shape index (κ2) is 7.25. The first-order valence-electron chi connectivity index (χ1n) is 5.53. The van der Waals surface area contributed by atoms with Gasteiger partial charge in [-0.2, -0.15) is 5.26 Å². The van der Waals surface area contributed by atoms with Gasteiger partial charge in [0.2, 0.25) is 5.56 Å². The number of aromatic amines is 1. The maximum absolute atomic E-state index is 12.1. The molecule has 0 atom stereocenters. The molecule has 0 spiro atoms. The molecule has 0 unspecified atom stereocenters. The summed E-state index contributed by atoms with van der Waals surface area (Å²) in [4.78, 5) is 27.2. The standard InChI is InChI=1S/C12H15N3O3/c1-18-9-8-15(7-3-6-13)12(17)10-4-2-5-11(16)14-10/h2,4-5H,3,7-9H2,1H3,(H,14,16). The summed E-state index contributed by atoms with van der Waals surface area (Å²) in [5, 5.41) is 8.56. The lowest BCUT2D eigenvalue weighted by atomic mass is 10.3. The van der Waals surface area contributed by atoms with E-state index in [-0.39, 0.29) is 23.6 Å². The van der Waals surface area contributed by atoms with Crippen LogP contribution >= 0.6 is 0 Å². The van der Waals surface area contributed by atoms with Crippen molar-refractivity contribution in [3.8, 4) is 6.07 Å². The monoisotopic (exact) mass is 249 g/mol. The number of methoxy groups -OCH3 is 1. The molecule has 1 heterocycles. The minimum Gasteiger partial charge on any atom is -0.383 e. The number of carbonyl (C=O) groups is 1. The molecule has 0 bridgehead atoms. The predicted octanol–water partition coefficient (Wildman–Crippen LogP) is 0.377. The van der Waals surface area contributed by atoms with E-state index in [0.29, 0.717) is 19.7 Å². The largest absolute Gasteiger partial charge is 0.383 e. The van der Waals surface area contributed by atoms with Crippen LogP contribution < -0.4 is 5.56 Å². The molecule has 0 saturated carbocycles. The van der Waals surface area contributed by atoms with Crippen molar-refractivity contribution in [2.45, 2.75) is 6.42 Å². The number of nitriles is 1. The summed E-state index contributed by atoms with van der Waals surface area (Å²) in [6, 6.07) is 6.38. The van der Waals surface area contributed by atoms with Crippen LogP contribution in [0.1, 0.15) is 16.9 Å². The number of nitrogens with one attached hydrogen (secondary N) is 1. The van der Waals surface area contributed by atoms with Crippen molar-refractivity contribution in [2.75, 3.05) is 26.8 Å². The Balaban J connectivity index is 2.80. The number of nitrogens with zero attached hydrogens (tertiary/aromatic N) is 2. The Bertz CT molecular complexity index is 490. The van der Waals surface area contributed by atoms with Gasteiger partial charge in [0.1, 0.15) is 5.69 Å². The SMILES string of the molecule is COCCN(CCC#N)C(=O)c1cccc(=O)[nH]1. The quantitative estimate of drug-likeness (QED) is 0.789. The van der Waals surface area contributed by atoms with E-state index < -0.39 is 0 Å². The molecule has 1 aromatic rings. The lowest BCUT2D eigenvalue weighted by Gasteiger charge is -2.20. The van der Waals surface area contributed by atoms with Gasteiger partial charge in [-0.15, -0.1) is 0 Å². The van der Waals surface area contributed by atoms with E-state index in [4.69, 9.17) is 10.00 Å². The zero-order valence-electron chi connectivity index (χ0n) is 10.2. The Hall–Kier alpha value is -2.13. The molecule has 0 saturated heterocycles. The highest BCUT2D eigenvalue weighted by Crippen LogP contribution is 2.01. The molecule has 6 heteroatoms. The lowest BCUT2D eigenvalue weighted by Crippen LogP contribution is -2.35. The van der Waals surface area contributed by atoms with Crippen LogP contribution in [0.4, 0.5) is 0 Å². The molecule has 6 nitrogen and oxygen atoms in total. The molecule has 1 N–H and O–H groups in total. The second-order valence-corrected chi connectivity index (χ2v) is 3.62. The first kappa shape index (κ1) is 13.9. The number of H-pyrrole nitrogens is 1. The van der Waals surface area contributed by atoms with Crippen molar-refractivity contribution in [2.24, 2.45) is 0 Å². The average molecular weight is 249 g/mol. The normalized spacial score (nSPS) is 9.78. The van der Waals surface area contributed by atoms with Gasteiger partial charge in [-0.1, -0.05) is 6.07 Å². The van der Waals surface area contributed by atoms with Crippen molar-refractivity contribution in [1.82, 2.24) is 9.88 Å². The zero-order valence-corrected chi connectivity index (χ0v) is 10.2. The molecule has 0 aliphatic heterocycles. The Morgan fingerprint density at radius 2 is 2.28 bits per heavy atom. The van der Waals surface area contributed by atoms with E-state index in [1.807, 2.05) is 6.07 Å². The molecule has 0 aliphatic carbocycles. The number of pyridine rings is 1. The van der Waals surface area contributed by atoms with Gasteiger partial charge in [0.25, 0.3) is 5.91 Å². The fourth-order valence-electron chi connectivity index (χ4n) is 1.44. The van der Waals surface area contributed by atoms with E-state index in [9.17, 15) is 9.59 Å². The fraction of sp³-hybridized carbons (Fsp3) is 0.417. The first-order chi connectivity index (χ1) is 8.69. The van der Waals surface area contributed by atoms with Gasteiger partial charge < -0.3 is 14.6 Å². The minimum absolute atomic E-state index is 0.219. The number of carbonyl (C=O) groups excluding carboxylic acids is 1. The highest BCUT2D eigenvalue weighted by Gasteiger charge is 2.15. The van der Waals surface area contributed by atoms with Crippen LogP contribution in [0.5, 0.6) is 0 Å². The molecule has 0 radical (unpaired) electrons. The van der Waals surface area contributed by atoms with Gasteiger partial charge in [-0.3, -0.25) is 9.59 Å². The average Bonchev–Trinajstić information content (AvgIpc) is 2.38. The smallest absolute Gasteiger partial charge is 0.270 e. The number of amides is 1. The van der Waals surface area contributed by atoms with E-state index >= 15 is 0 Å². The van der Waals surface area contributed by atoms with E-state index in [1.54, 1.807) is 0 Å². The minimum atomic E-state index is -0.326. The van der Waals surface area contributed by atoms with Crippen molar-refractivity contribution >= 4 is 5.91 Å². The van der Waals surface area contributed by atoms with Gasteiger partial charge in [-0.05, 0) is 6.07 Å². The summed E-state index contributed by atoms with van der Waals surface area (Å²) < 4.78 is 4.91. The molecular weight excluding hydrogens is 234 g/mol. The lowest BCUT2D eigenvalue weighted by molar-refractivity contribution is 0.0694. The fourth-order valence-corrected chi connectivity index (χ4v) is 1.44. The molecule has 1 aromatic heterocycles. The summed E-state index contributed by atoms with van der Waals surface area (Å²) >= 11 is 0. The number of ether oxygens (including phenoxy) is 1. The topological polar surface area (TPSA) is 86.2 Å². The second-order valence-electron chi connectivity index (χ2n) is 3.62. The summed E-state index contributed by atoms with van der Waals surface area (Å²) in [5.41, 5.74) is -0.107. The third kappa shape index (κ3) is 4.03. The van der Waals surface area contributed by atoms with Gasteiger partial charge in [0.15, 0.2) is 0 Å². The molecule has 1 rings (SSSR count). The Morgan fingerprint density at radius 3 is 2.89 bits per heavy atom. The molecular formula is C12H15N3O3. The number of hydrogen-bond acceptors (Lipinski definition) is 4. The third-order valence-electron chi connectivity index (χ3n) is 2.34. The van der Waals surface area contributed by atoms with Crippen LogP contribution in [0.2, 0.25) is 0 Å². The Kier molecular flexibility index (Phi) is 5.61. The first-order valence-corrected chi connectivity index (χ1v) is 5.53. The third-order valence-corrected chi connectivity index (χ3v) is 2.34. The van der Waals surface area contributed by atoms with Crippen molar-refractivity contribution in [3.63, 3.8) is 0 Å². The highest BCUT2D eigenvalue weighted by molar-refractivity contribution is 5.92. The van der Waals surface area contributed by atoms with Crippen molar-refractivity contribution < 1.29 is 9.53 Å². The van der Waals surface area contributed by atoms with Crippen LogP contribution in [-0.2, 0) is 4.74 Å². The number of rotatable bonds is 6. The zero-order chi connectivity index (χ0) is 13.4. The summed E-state index contributed by atoms with van der Waals surface area (Å²) in [7, 11) is 1.54. The van der Waals surface area contributed by atoms with Crippen LogP contribution in [0.3, 0.4) is 0 Å². The van der Waals surface area contributed by atoms with Crippen LogP contribution in [0.15, 0.2) is 23.0 Å². The number of aromatic nitrogens is 1. The van der Waals surface area contributed by atoms with Crippen molar-refractivity contribution in [1.29, 1.82) is 5.26 Å². The summed E-state index contributed by atoms with van der Waals surface area (Å²) in [6.07, 6.45) is 0.243. The van der Waals surface area contributed by atoms with E-state index in [0.717, 1.165) is 0 Å². The maximum Gasteiger partial charge on any atom is 0.270 e.